The van der Waals surface area contributed by atoms with Crippen LogP contribution in [-0.4, -0.2) is 18.4 Å². The molecule has 4 nitrogen and oxygen atoms in total. The molecule has 1 aromatic rings. The first-order chi connectivity index (χ1) is 8.99. The summed E-state index contributed by atoms with van der Waals surface area (Å²) in [6, 6.07) is 3.77. The van der Waals surface area contributed by atoms with Crippen molar-refractivity contribution in [1.29, 1.82) is 0 Å². The molecule has 1 atom stereocenters. The van der Waals surface area contributed by atoms with Crippen LogP contribution in [0.4, 0.5) is 8.78 Å². The van der Waals surface area contributed by atoms with Crippen LogP contribution in [0.15, 0.2) is 23.2 Å². The van der Waals surface area contributed by atoms with Crippen molar-refractivity contribution in [2.45, 2.75) is 25.8 Å². The smallest absolute Gasteiger partial charge is 0.256 e. The van der Waals surface area contributed by atoms with Gasteiger partial charge in [-0.3, -0.25) is 15.1 Å². The average molecular weight is 267 g/mol. The number of guanidine groups is 1. The second-order valence-corrected chi connectivity index (χ2v) is 4.54. The summed E-state index contributed by atoms with van der Waals surface area (Å²) in [5.74, 6) is -2.17. The van der Waals surface area contributed by atoms with E-state index in [0.717, 1.165) is 12.5 Å². The highest BCUT2D eigenvalue weighted by molar-refractivity contribution is 6.09. The maximum Gasteiger partial charge on any atom is 0.256 e. The molecule has 102 valence electrons. The highest BCUT2D eigenvalue weighted by Crippen LogP contribution is 2.27. The molecule has 1 aliphatic heterocycles. The molecule has 2 rings (SSSR count). The van der Waals surface area contributed by atoms with Crippen molar-refractivity contribution in [2.24, 2.45) is 4.99 Å². The van der Waals surface area contributed by atoms with Gasteiger partial charge in [0.1, 0.15) is 5.54 Å². The van der Waals surface area contributed by atoms with Gasteiger partial charge in [-0.15, -0.1) is 0 Å². The summed E-state index contributed by atoms with van der Waals surface area (Å²) in [7, 11) is 0. The molecule has 1 amide bonds. The predicted molar refractivity (Wildman–Crippen MR) is 67.6 cm³/mol. The number of benzene rings is 1. The number of nitrogens with zero attached hydrogens (tertiary/aromatic N) is 1. The third-order valence-corrected chi connectivity index (χ3v) is 3.04. The van der Waals surface area contributed by atoms with Crippen molar-refractivity contribution in [3.8, 4) is 0 Å². The van der Waals surface area contributed by atoms with E-state index < -0.39 is 23.1 Å². The molecule has 0 bridgehead atoms. The van der Waals surface area contributed by atoms with Gasteiger partial charge in [0.25, 0.3) is 5.91 Å². The summed E-state index contributed by atoms with van der Waals surface area (Å²) in [4.78, 5) is 16.1. The van der Waals surface area contributed by atoms with E-state index in [-0.39, 0.29) is 11.5 Å². The van der Waals surface area contributed by atoms with Gasteiger partial charge in [0.2, 0.25) is 0 Å². The summed E-state index contributed by atoms with van der Waals surface area (Å²) in [5, 5.41) is 5.35. The molecule has 6 heteroatoms. The predicted octanol–water partition coefficient (Wildman–Crippen LogP) is 1.67. The number of carbonyl (C=O) groups excluding carboxylic acids is 1. The molecule has 1 saturated heterocycles. The van der Waals surface area contributed by atoms with E-state index in [9.17, 15) is 13.6 Å². The Morgan fingerprint density at radius 2 is 2.11 bits per heavy atom. The average Bonchev–Trinajstić information content (AvgIpc) is 2.67. The quantitative estimate of drug-likeness (QED) is 0.875. The lowest BCUT2D eigenvalue weighted by Gasteiger charge is -2.22. The molecule has 0 aromatic heterocycles. The number of amides is 1. The van der Waals surface area contributed by atoms with Gasteiger partial charge in [0.15, 0.2) is 17.6 Å². The van der Waals surface area contributed by atoms with Crippen molar-refractivity contribution >= 4 is 11.9 Å². The first kappa shape index (κ1) is 13.5. The molecular weight excluding hydrogens is 252 g/mol. The molecule has 0 radical (unpaired) electrons. The molecule has 2 N–H and O–H groups in total. The number of carbonyl (C=O) groups is 1. The number of rotatable bonds is 3. The van der Waals surface area contributed by atoms with Crippen molar-refractivity contribution in [3.63, 3.8) is 0 Å². The lowest BCUT2D eigenvalue weighted by molar-refractivity contribution is -0.123. The maximum atomic E-state index is 13.8. The van der Waals surface area contributed by atoms with Crippen LogP contribution >= 0.6 is 0 Å². The first-order valence-corrected chi connectivity index (χ1v) is 6.07. The van der Waals surface area contributed by atoms with E-state index in [4.69, 9.17) is 0 Å². The van der Waals surface area contributed by atoms with Crippen LogP contribution in [0.5, 0.6) is 0 Å². The highest BCUT2D eigenvalue weighted by atomic mass is 19.2. The van der Waals surface area contributed by atoms with Crippen LogP contribution in [0.1, 0.15) is 25.8 Å². The first-order valence-electron chi connectivity index (χ1n) is 6.07. The van der Waals surface area contributed by atoms with Crippen LogP contribution in [0.2, 0.25) is 0 Å². The Labute approximate surface area is 109 Å². The van der Waals surface area contributed by atoms with Crippen molar-refractivity contribution in [1.82, 2.24) is 10.6 Å². The van der Waals surface area contributed by atoms with Crippen molar-refractivity contribution in [3.05, 3.63) is 35.4 Å². The Balaban J connectivity index is 2.38. The van der Waals surface area contributed by atoms with Crippen molar-refractivity contribution in [2.75, 3.05) is 6.54 Å². The van der Waals surface area contributed by atoms with Crippen LogP contribution in [0, 0.1) is 11.6 Å². The maximum absolute atomic E-state index is 13.8. The van der Waals surface area contributed by atoms with Crippen LogP contribution in [-0.2, 0) is 10.3 Å². The highest BCUT2D eigenvalue weighted by Gasteiger charge is 2.44. The normalized spacial score (nSPS) is 24.4. The number of hydrogen-bond acceptors (Lipinski definition) is 2. The fraction of sp³-hybridized carbons (Fsp3) is 0.385. The summed E-state index contributed by atoms with van der Waals surface area (Å²) < 4.78 is 27.1. The zero-order valence-corrected chi connectivity index (χ0v) is 10.8. The van der Waals surface area contributed by atoms with Gasteiger partial charge in [0.05, 0.1) is 0 Å². The van der Waals surface area contributed by atoms with Crippen LogP contribution in [0.25, 0.3) is 0 Å². The number of halogens is 2. The number of hydrogen-bond donors (Lipinski definition) is 2. The summed E-state index contributed by atoms with van der Waals surface area (Å²) >= 11 is 0. The van der Waals surface area contributed by atoms with Crippen molar-refractivity contribution < 1.29 is 13.6 Å². The van der Waals surface area contributed by atoms with Gasteiger partial charge in [0, 0.05) is 12.1 Å². The fourth-order valence-corrected chi connectivity index (χ4v) is 1.94. The largest absolute Gasteiger partial charge is 0.338 e. The molecule has 19 heavy (non-hydrogen) atoms. The van der Waals surface area contributed by atoms with Crippen LogP contribution < -0.4 is 10.6 Å². The van der Waals surface area contributed by atoms with E-state index in [0.29, 0.717) is 6.54 Å². The topological polar surface area (TPSA) is 53.5 Å². The fourth-order valence-electron chi connectivity index (χ4n) is 1.94. The molecule has 1 aliphatic rings. The molecule has 1 aromatic carbocycles. The second kappa shape index (κ2) is 4.95. The van der Waals surface area contributed by atoms with E-state index in [1.54, 1.807) is 0 Å². The summed E-state index contributed by atoms with van der Waals surface area (Å²) in [5.41, 5.74) is -1.38. The minimum absolute atomic E-state index is 0.0355. The summed E-state index contributed by atoms with van der Waals surface area (Å²) in [6.45, 7) is 3.99. The number of aliphatic imine (C=N–C) groups is 1. The Kier molecular flexibility index (Phi) is 3.50. The zero-order chi connectivity index (χ0) is 14.0. The third kappa shape index (κ3) is 2.30. The van der Waals surface area contributed by atoms with Gasteiger partial charge in [-0.25, -0.2) is 8.78 Å². The standard InChI is InChI=1S/C13H15F2N3O/c1-3-7-16-12-17-11(19)13(2,18-12)8-5-4-6-9(14)10(8)15/h4-6H,3,7H2,1-2H3,(H2,16,17,18,19). The molecule has 1 fully saturated rings. The van der Waals surface area contributed by atoms with Gasteiger partial charge in [-0.2, -0.15) is 0 Å². The SMILES string of the molecule is CCCN=C1NC(=O)C(C)(c2cccc(F)c2F)N1. The Bertz CT molecular complexity index is 545. The molecule has 0 saturated carbocycles. The number of nitrogens with one attached hydrogen (secondary N) is 2. The Morgan fingerprint density at radius 1 is 1.37 bits per heavy atom. The van der Waals surface area contributed by atoms with E-state index >= 15 is 0 Å². The third-order valence-electron chi connectivity index (χ3n) is 3.04. The van der Waals surface area contributed by atoms with E-state index in [2.05, 4.69) is 15.6 Å². The molecule has 1 unspecified atom stereocenters. The summed E-state index contributed by atoms with van der Waals surface area (Å²) in [6.07, 6.45) is 0.825. The Morgan fingerprint density at radius 3 is 2.79 bits per heavy atom. The molecular formula is C13H15F2N3O. The second-order valence-electron chi connectivity index (χ2n) is 4.54. The van der Waals surface area contributed by atoms with Gasteiger partial charge >= 0.3 is 0 Å². The molecule has 1 heterocycles. The van der Waals surface area contributed by atoms with Gasteiger partial charge < -0.3 is 5.32 Å². The van der Waals surface area contributed by atoms with Gasteiger partial charge in [-0.05, 0) is 19.4 Å². The monoisotopic (exact) mass is 267 g/mol. The van der Waals surface area contributed by atoms with Gasteiger partial charge in [-0.1, -0.05) is 19.1 Å². The lowest BCUT2D eigenvalue weighted by Crippen LogP contribution is -2.41. The molecule has 0 spiro atoms. The van der Waals surface area contributed by atoms with Crippen LogP contribution in [0.3, 0.4) is 0 Å². The van der Waals surface area contributed by atoms with E-state index in [1.807, 2.05) is 6.92 Å². The lowest BCUT2D eigenvalue weighted by atomic mass is 9.92. The Hall–Kier alpha value is -1.98. The zero-order valence-electron chi connectivity index (χ0n) is 10.8. The molecule has 0 aliphatic carbocycles. The minimum Gasteiger partial charge on any atom is -0.338 e. The minimum atomic E-state index is -1.35. The van der Waals surface area contributed by atoms with E-state index in [1.165, 1.54) is 19.1 Å².